The highest BCUT2D eigenvalue weighted by molar-refractivity contribution is 7.99. The van der Waals surface area contributed by atoms with Crippen molar-refractivity contribution in [1.29, 1.82) is 0 Å². The monoisotopic (exact) mass is 831 g/mol. The van der Waals surface area contributed by atoms with Crippen LogP contribution < -0.4 is 0 Å². The smallest absolute Gasteiger partial charge is 0.160 e. The lowest BCUT2D eigenvalue weighted by Gasteiger charge is -2.39. The number of rotatable bonds is 5. The van der Waals surface area contributed by atoms with Crippen LogP contribution in [-0.2, 0) is 5.41 Å². The number of fused-ring (bicyclic) bond motifs is 12. The van der Waals surface area contributed by atoms with Gasteiger partial charge in [-0.05, 0) is 92.4 Å². The second-order valence-electron chi connectivity index (χ2n) is 16.7. The molecule has 0 saturated heterocycles. The van der Waals surface area contributed by atoms with Gasteiger partial charge in [-0.15, -0.1) is 0 Å². The molecule has 0 unspecified atom stereocenters. The van der Waals surface area contributed by atoms with Crippen LogP contribution in [0.2, 0.25) is 0 Å². The lowest BCUT2D eigenvalue weighted by atomic mass is 9.67. The first kappa shape index (κ1) is 36.7. The zero-order valence-electron chi connectivity index (χ0n) is 34.6. The van der Waals surface area contributed by atoms with E-state index in [9.17, 15) is 0 Å². The molecular formula is C60H37N3S. The maximum atomic E-state index is 5.49. The maximum Gasteiger partial charge on any atom is 0.160 e. The molecule has 1 aliphatic carbocycles. The zero-order chi connectivity index (χ0) is 42.2. The van der Waals surface area contributed by atoms with Crippen molar-refractivity contribution < 1.29 is 0 Å². The largest absolute Gasteiger partial charge is 0.247 e. The third-order valence-electron chi connectivity index (χ3n) is 13.1. The summed E-state index contributed by atoms with van der Waals surface area (Å²) in [5.74, 6) is 0.687. The molecule has 1 aliphatic heterocycles. The van der Waals surface area contributed by atoms with Crippen molar-refractivity contribution in [1.82, 2.24) is 15.0 Å². The number of nitrogens with zero attached hydrogens (tertiary/aromatic N) is 3. The molecule has 0 radical (unpaired) electrons. The molecule has 9 aromatic carbocycles. The van der Waals surface area contributed by atoms with Gasteiger partial charge in [-0.2, -0.15) is 0 Å². The van der Waals surface area contributed by atoms with Gasteiger partial charge in [-0.3, -0.25) is 0 Å². The standard InChI is InChI=1S/C60H37N3S/c1-3-16-38(17-4-1)39-30-32-40(33-31-39)54-37-55(63-59(62-54)41-18-5-2-6-19-41)42-20-15-21-43(34-42)58-48-35-47-44-22-7-9-24-49(44)60(52(47)36-46(48)45-23-8-12-27-53(45)61-58)50-25-10-13-28-56(50)64-57-29-14-11-26-51(57)60/h1-37H. The fourth-order valence-electron chi connectivity index (χ4n) is 10.3. The number of pyridine rings is 1. The third kappa shape index (κ3) is 5.66. The fourth-order valence-corrected chi connectivity index (χ4v) is 11.5. The van der Waals surface area contributed by atoms with Crippen molar-refractivity contribution in [3.63, 3.8) is 0 Å². The van der Waals surface area contributed by atoms with E-state index in [2.05, 4.69) is 200 Å². The number of para-hydroxylation sites is 1. The molecule has 1 spiro atoms. The molecule has 0 amide bonds. The molecule has 2 aromatic heterocycles. The third-order valence-corrected chi connectivity index (χ3v) is 14.3. The molecular weight excluding hydrogens is 795 g/mol. The number of hydrogen-bond acceptors (Lipinski definition) is 4. The van der Waals surface area contributed by atoms with Crippen molar-refractivity contribution in [2.45, 2.75) is 15.2 Å². The summed E-state index contributed by atoms with van der Waals surface area (Å²) in [6.45, 7) is 0. The molecule has 2 aliphatic rings. The van der Waals surface area contributed by atoms with Crippen LogP contribution in [0.5, 0.6) is 0 Å². The minimum Gasteiger partial charge on any atom is -0.247 e. The van der Waals surface area contributed by atoms with Gasteiger partial charge < -0.3 is 0 Å². The van der Waals surface area contributed by atoms with Gasteiger partial charge in [0.15, 0.2) is 5.82 Å². The van der Waals surface area contributed by atoms with E-state index in [1.54, 1.807) is 0 Å². The normalized spacial score (nSPS) is 13.1. The Labute approximate surface area is 375 Å². The van der Waals surface area contributed by atoms with E-state index in [0.717, 1.165) is 55.6 Å². The average Bonchev–Trinajstić information content (AvgIpc) is 3.65. The Morgan fingerprint density at radius 1 is 0.312 bits per heavy atom. The van der Waals surface area contributed by atoms with Crippen LogP contribution in [0.4, 0.5) is 0 Å². The molecule has 4 heteroatoms. The first-order chi connectivity index (χ1) is 31.7. The first-order valence-corrected chi connectivity index (χ1v) is 22.6. The molecule has 13 rings (SSSR count). The van der Waals surface area contributed by atoms with Crippen molar-refractivity contribution in [3.05, 3.63) is 247 Å². The van der Waals surface area contributed by atoms with Crippen molar-refractivity contribution in [2.75, 3.05) is 0 Å². The van der Waals surface area contributed by atoms with Gasteiger partial charge in [0.25, 0.3) is 0 Å². The van der Waals surface area contributed by atoms with E-state index in [1.165, 1.54) is 59.7 Å². The quantitative estimate of drug-likeness (QED) is 0.162. The van der Waals surface area contributed by atoms with Gasteiger partial charge in [0.2, 0.25) is 0 Å². The highest BCUT2D eigenvalue weighted by Crippen LogP contribution is 2.63. The van der Waals surface area contributed by atoms with E-state index in [1.807, 2.05) is 36.0 Å². The van der Waals surface area contributed by atoms with Gasteiger partial charge in [0.1, 0.15) is 0 Å². The summed E-state index contributed by atoms with van der Waals surface area (Å²) in [5.41, 5.74) is 17.4. The number of benzene rings is 9. The Morgan fingerprint density at radius 2 is 0.875 bits per heavy atom. The zero-order valence-corrected chi connectivity index (χ0v) is 35.4. The van der Waals surface area contributed by atoms with Gasteiger partial charge >= 0.3 is 0 Å². The Morgan fingerprint density at radius 3 is 1.62 bits per heavy atom. The van der Waals surface area contributed by atoms with Gasteiger partial charge in [-0.25, -0.2) is 15.0 Å². The fraction of sp³-hybridized carbons (Fsp3) is 0.0167. The lowest BCUT2D eigenvalue weighted by Crippen LogP contribution is -2.31. The van der Waals surface area contributed by atoms with Crippen LogP contribution in [0, 0.1) is 0 Å². The number of aromatic nitrogens is 3. The van der Waals surface area contributed by atoms with Gasteiger partial charge in [0.05, 0.1) is 28.0 Å². The van der Waals surface area contributed by atoms with Crippen molar-refractivity contribution in [2.24, 2.45) is 0 Å². The molecule has 0 bridgehead atoms. The Balaban J connectivity index is 1.01. The van der Waals surface area contributed by atoms with E-state index in [4.69, 9.17) is 15.0 Å². The van der Waals surface area contributed by atoms with E-state index >= 15 is 0 Å². The topological polar surface area (TPSA) is 38.7 Å². The van der Waals surface area contributed by atoms with Crippen LogP contribution in [-0.4, -0.2) is 15.0 Å². The van der Waals surface area contributed by atoms with E-state index < -0.39 is 5.41 Å². The highest BCUT2D eigenvalue weighted by atomic mass is 32.2. The summed E-state index contributed by atoms with van der Waals surface area (Å²) in [6.07, 6.45) is 0. The summed E-state index contributed by atoms with van der Waals surface area (Å²) in [5, 5.41) is 3.46. The minimum atomic E-state index is -0.466. The molecule has 3 heterocycles. The molecule has 3 nitrogen and oxygen atoms in total. The molecule has 11 aromatic rings. The van der Waals surface area contributed by atoms with Crippen LogP contribution in [0.3, 0.4) is 0 Å². The molecule has 64 heavy (non-hydrogen) atoms. The van der Waals surface area contributed by atoms with Crippen LogP contribution >= 0.6 is 11.8 Å². The molecule has 298 valence electrons. The van der Waals surface area contributed by atoms with E-state index in [0.29, 0.717) is 5.82 Å². The first-order valence-electron chi connectivity index (χ1n) is 21.8. The summed E-state index contributed by atoms with van der Waals surface area (Å²) in [7, 11) is 0. The highest BCUT2D eigenvalue weighted by Gasteiger charge is 2.50. The SMILES string of the molecule is c1ccc(-c2ccc(-c3cc(-c4cccc(-c5nc6ccccc6c6cc7c(cc56)-c5ccccc5C75c6ccccc6Sc6ccccc65)c4)nc(-c4ccccc4)n3)cc2)cc1. The summed E-state index contributed by atoms with van der Waals surface area (Å²) in [4.78, 5) is 18.5. The maximum absolute atomic E-state index is 5.49. The van der Waals surface area contributed by atoms with Crippen LogP contribution in [0.25, 0.3) is 89.1 Å². The minimum absolute atomic E-state index is 0.466. The molecule has 0 fully saturated rings. The average molecular weight is 832 g/mol. The lowest BCUT2D eigenvalue weighted by molar-refractivity contribution is 0.723. The Bertz CT molecular complexity index is 3590. The van der Waals surface area contributed by atoms with Crippen molar-refractivity contribution in [3.8, 4) is 67.4 Å². The Kier molecular flexibility index (Phi) is 8.37. The Hall–Kier alpha value is -7.92. The summed E-state index contributed by atoms with van der Waals surface area (Å²) >= 11 is 1.88. The van der Waals surface area contributed by atoms with Crippen molar-refractivity contribution >= 4 is 33.4 Å². The molecule has 0 saturated carbocycles. The van der Waals surface area contributed by atoms with Crippen LogP contribution in [0.15, 0.2) is 234 Å². The van der Waals surface area contributed by atoms with Crippen LogP contribution in [0.1, 0.15) is 22.3 Å². The molecule has 0 atom stereocenters. The predicted octanol–water partition coefficient (Wildman–Crippen LogP) is 15.3. The second kappa shape index (κ2) is 14.6. The van der Waals surface area contributed by atoms with Gasteiger partial charge in [0, 0.05) is 42.8 Å². The van der Waals surface area contributed by atoms with E-state index in [-0.39, 0.29) is 0 Å². The second-order valence-corrected chi connectivity index (χ2v) is 17.7. The summed E-state index contributed by atoms with van der Waals surface area (Å²) in [6, 6.07) is 80.8. The van der Waals surface area contributed by atoms with Gasteiger partial charge in [-0.1, -0.05) is 194 Å². The molecule has 0 N–H and O–H groups in total. The number of hydrogen-bond donors (Lipinski definition) is 0. The summed E-state index contributed by atoms with van der Waals surface area (Å²) < 4.78 is 0. The predicted molar refractivity (Wildman–Crippen MR) is 263 cm³/mol.